The summed E-state index contributed by atoms with van der Waals surface area (Å²) in [5.41, 5.74) is 2.95. The van der Waals surface area contributed by atoms with Crippen molar-refractivity contribution in [2.24, 2.45) is 5.92 Å². The van der Waals surface area contributed by atoms with Gasteiger partial charge in [0.2, 0.25) is 5.91 Å². The first-order valence-electron chi connectivity index (χ1n) is 10.1. The first-order valence-corrected chi connectivity index (χ1v) is 10.1. The monoisotopic (exact) mass is 377 g/mol. The molecule has 5 nitrogen and oxygen atoms in total. The number of hydrogen-bond acceptors (Lipinski definition) is 3. The number of nitrogens with one attached hydrogen (secondary N) is 3. The number of hydrogen-bond donors (Lipinski definition) is 3. The lowest BCUT2D eigenvalue weighted by molar-refractivity contribution is -0.117. The second kappa shape index (κ2) is 8.15. The van der Waals surface area contributed by atoms with Gasteiger partial charge in [-0.2, -0.15) is 0 Å². The molecule has 2 bridgehead atoms. The predicted octanol–water partition coefficient (Wildman–Crippen LogP) is 4.11. The average molecular weight is 377 g/mol. The van der Waals surface area contributed by atoms with Crippen molar-refractivity contribution in [2.45, 2.75) is 51.1 Å². The van der Waals surface area contributed by atoms with E-state index in [1.54, 1.807) is 12.1 Å². The Morgan fingerprint density at radius 3 is 2.25 bits per heavy atom. The SMILES string of the molecule is Cc1c(NC(=O)CC2CC3CCC(C2)N3)cccc1NC(=O)c1ccccc1. The zero-order valence-corrected chi connectivity index (χ0v) is 16.2. The second-order valence-corrected chi connectivity index (χ2v) is 8.03. The van der Waals surface area contributed by atoms with Crippen LogP contribution in [0.2, 0.25) is 0 Å². The molecule has 2 fully saturated rings. The fourth-order valence-corrected chi connectivity index (χ4v) is 4.50. The van der Waals surface area contributed by atoms with Crippen LogP contribution in [0.4, 0.5) is 11.4 Å². The Labute approximate surface area is 165 Å². The highest BCUT2D eigenvalue weighted by Crippen LogP contribution is 2.33. The molecule has 5 heteroatoms. The highest BCUT2D eigenvalue weighted by molar-refractivity contribution is 6.05. The fraction of sp³-hybridized carbons (Fsp3) is 0.391. The summed E-state index contributed by atoms with van der Waals surface area (Å²) in [6.07, 6.45) is 5.23. The summed E-state index contributed by atoms with van der Waals surface area (Å²) in [4.78, 5) is 25.0. The summed E-state index contributed by atoms with van der Waals surface area (Å²) in [5.74, 6) is 0.360. The fourth-order valence-electron chi connectivity index (χ4n) is 4.50. The molecule has 4 rings (SSSR count). The van der Waals surface area contributed by atoms with Crippen LogP contribution in [0.5, 0.6) is 0 Å². The van der Waals surface area contributed by atoms with Crippen LogP contribution in [-0.2, 0) is 4.79 Å². The predicted molar refractivity (Wildman–Crippen MR) is 111 cm³/mol. The number of carbonyl (C=O) groups excluding carboxylic acids is 2. The molecule has 2 heterocycles. The van der Waals surface area contributed by atoms with Crippen LogP contribution in [0, 0.1) is 12.8 Å². The van der Waals surface area contributed by atoms with Gasteiger partial charge < -0.3 is 16.0 Å². The minimum atomic E-state index is -0.155. The molecule has 0 saturated carbocycles. The summed E-state index contributed by atoms with van der Waals surface area (Å²) >= 11 is 0. The molecule has 0 aliphatic carbocycles. The largest absolute Gasteiger partial charge is 0.326 e. The van der Waals surface area contributed by atoms with E-state index in [1.807, 2.05) is 43.3 Å². The molecule has 2 aromatic rings. The maximum Gasteiger partial charge on any atom is 0.255 e. The van der Waals surface area contributed by atoms with E-state index in [2.05, 4.69) is 16.0 Å². The van der Waals surface area contributed by atoms with Crippen LogP contribution in [-0.4, -0.2) is 23.9 Å². The maximum atomic E-state index is 12.6. The Balaban J connectivity index is 1.39. The summed E-state index contributed by atoms with van der Waals surface area (Å²) in [7, 11) is 0. The van der Waals surface area contributed by atoms with E-state index in [1.165, 1.54) is 12.8 Å². The third-order valence-corrected chi connectivity index (χ3v) is 5.94. The first-order chi connectivity index (χ1) is 13.6. The van der Waals surface area contributed by atoms with Gasteiger partial charge in [-0.15, -0.1) is 0 Å². The summed E-state index contributed by atoms with van der Waals surface area (Å²) in [5, 5.41) is 9.61. The zero-order valence-electron chi connectivity index (χ0n) is 16.2. The van der Waals surface area contributed by atoms with Gasteiger partial charge in [-0.3, -0.25) is 9.59 Å². The molecule has 2 atom stereocenters. The van der Waals surface area contributed by atoms with Crippen molar-refractivity contribution in [2.75, 3.05) is 10.6 Å². The molecule has 2 unspecified atom stereocenters. The standard InChI is InChI=1S/C23H27N3O2/c1-15-20(25-22(27)14-16-12-18-10-11-19(13-16)24-18)8-5-9-21(15)26-23(28)17-6-3-2-4-7-17/h2-9,16,18-19,24H,10-14H2,1H3,(H,25,27)(H,26,28). The molecular weight excluding hydrogens is 350 g/mol. The second-order valence-electron chi connectivity index (χ2n) is 8.03. The highest BCUT2D eigenvalue weighted by atomic mass is 16.2. The van der Waals surface area contributed by atoms with Crippen molar-refractivity contribution in [3.63, 3.8) is 0 Å². The van der Waals surface area contributed by atoms with Crippen molar-refractivity contribution in [3.8, 4) is 0 Å². The van der Waals surface area contributed by atoms with E-state index in [4.69, 9.17) is 0 Å². The maximum absolute atomic E-state index is 12.6. The van der Waals surface area contributed by atoms with Crippen LogP contribution in [0.3, 0.4) is 0 Å². The molecule has 2 saturated heterocycles. The minimum Gasteiger partial charge on any atom is -0.326 e. The van der Waals surface area contributed by atoms with Gasteiger partial charge in [0, 0.05) is 35.4 Å². The Kier molecular flexibility index (Phi) is 5.44. The van der Waals surface area contributed by atoms with E-state index in [-0.39, 0.29) is 11.8 Å². The Bertz CT molecular complexity index is 853. The lowest BCUT2D eigenvalue weighted by atomic mass is 9.89. The molecule has 0 spiro atoms. The molecule has 2 aromatic carbocycles. The summed E-state index contributed by atoms with van der Waals surface area (Å²) in [6, 6.07) is 15.9. The Hall–Kier alpha value is -2.66. The highest BCUT2D eigenvalue weighted by Gasteiger charge is 2.34. The molecule has 146 valence electrons. The average Bonchev–Trinajstić information content (AvgIpc) is 3.03. The molecule has 2 amide bonds. The first kappa shape index (κ1) is 18.7. The third-order valence-electron chi connectivity index (χ3n) is 5.94. The van der Waals surface area contributed by atoms with Gasteiger partial charge >= 0.3 is 0 Å². The molecular formula is C23H27N3O2. The van der Waals surface area contributed by atoms with Crippen molar-refractivity contribution in [1.29, 1.82) is 0 Å². The van der Waals surface area contributed by atoms with Gasteiger partial charge in [0.15, 0.2) is 0 Å². The van der Waals surface area contributed by atoms with Gasteiger partial charge in [0.1, 0.15) is 0 Å². The van der Waals surface area contributed by atoms with Gasteiger partial charge in [0.25, 0.3) is 5.91 Å². The zero-order chi connectivity index (χ0) is 19.5. The van der Waals surface area contributed by atoms with Gasteiger partial charge in [-0.1, -0.05) is 24.3 Å². The summed E-state index contributed by atoms with van der Waals surface area (Å²) in [6.45, 7) is 1.92. The smallest absolute Gasteiger partial charge is 0.255 e. The Morgan fingerprint density at radius 2 is 1.57 bits per heavy atom. The van der Waals surface area contributed by atoms with Crippen LogP contribution >= 0.6 is 0 Å². The van der Waals surface area contributed by atoms with Crippen LogP contribution < -0.4 is 16.0 Å². The molecule has 0 radical (unpaired) electrons. The van der Waals surface area contributed by atoms with E-state index in [9.17, 15) is 9.59 Å². The van der Waals surface area contributed by atoms with Crippen molar-refractivity contribution in [3.05, 3.63) is 59.7 Å². The van der Waals surface area contributed by atoms with Gasteiger partial charge in [-0.25, -0.2) is 0 Å². The number of carbonyl (C=O) groups is 2. The van der Waals surface area contributed by atoms with Gasteiger partial charge in [0.05, 0.1) is 0 Å². The van der Waals surface area contributed by atoms with Crippen molar-refractivity contribution < 1.29 is 9.59 Å². The van der Waals surface area contributed by atoms with Crippen LogP contribution in [0.25, 0.3) is 0 Å². The molecule has 2 aliphatic rings. The van der Waals surface area contributed by atoms with E-state index in [0.717, 1.165) is 24.1 Å². The lowest BCUT2D eigenvalue weighted by Crippen LogP contribution is -2.39. The lowest BCUT2D eigenvalue weighted by Gasteiger charge is -2.28. The molecule has 28 heavy (non-hydrogen) atoms. The number of rotatable bonds is 5. The Morgan fingerprint density at radius 1 is 0.929 bits per heavy atom. The molecule has 0 aromatic heterocycles. The van der Waals surface area contributed by atoms with Crippen molar-refractivity contribution in [1.82, 2.24) is 5.32 Å². The molecule has 3 N–H and O–H groups in total. The third kappa shape index (κ3) is 4.25. The van der Waals surface area contributed by atoms with E-state index in [0.29, 0.717) is 35.7 Å². The normalized spacial score (nSPS) is 23.2. The minimum absolute atomic E-state index is 0.0564. The van der Waals surface area contributed by atoms with Crippen molar-refractivity contribution >= 4 is 23.2 Å². The number of amides is 2. The molecule has 2 aliphatic heterocycles. The quantitative estimate of drug-likeness (QED) is 0.734. The van der Waals surface area contributed by atoms with Crippen LogP contribution in [0.1, 0.15) is 48.0 Å². The number of fused-ring (bicyclic) bond motifs is 2. The number of anilines is 2. The topological polar surface area (TPSA) is 70.2 Å². The number of benzene rings is 2. The number of piperidine rings is 1. The van der Waals surface area contributed by atoms with E-state index >= 15 is 0 Å². The summed E-state index contributed by atoms with van der Waals surface area (Å²) < 4.78 is 0. The van der Waals surface area contributed by atoms with E-state index < -0.39 is 0 Å². The van der Waals surface area contributed by atoms with Gasteiger partial charge in [-0.05, 0) is 68.4 Å². The van der Waals surface area contributed by atoms with Crippen LogP contribution in [0.15, 0.2) is 48.5 Å².